The maximum absolute atomic E-state index is 11.4. The Morgan fingerprint density at radius 3 is 2.59 bits per heavy atom. The summed E-state index contributed by atoms with van der Waals surface area (Å²) < 4.78 is 0. The van der Waals surface area contributed by atoms with Gasteiger partial charge < -0.3 is 15.7 Å². The number of phenols is 1. The van der Waals surface area contributed by atoms with Crippen molar-refractivity contribution in [3.05, 3.63) is 29.8 Å². The third kappa shape index (κ3) is 3.66. The molecule has 0 saturated heterocycles. The topological polar surface area (TPSA) is 61.4 Å². The van der Waals surface area contributed by atoms with Crippen LogP contribution in [0.2, 0.25) is 0 Å². The lowest BCUT2D eigenvalue weighted by atomic mass is 9.93. The highest BCUT2D eigenvalue weighted by Gasteiger charge is 2.18. The van der Waals surface area contributed by atoms with Gasteiger partial charge in [0.25, 0.3) is 0 Å². The number of nitrogens with one attached hydrogen (secondary N) is 2. The minimum Gasteiger partial charge on any atom is -0.508 e. The summed E-state index contributed by atoms with van der Waals surface area (Å²) in [6.07, 6.45) is 4.20. The van der Waals surface area contributed by atoms with Crippen LogP contribution in [0.5, 0.6) is 5.75 Å². The minimum atomic E-state index is -0.0755. The van der Waals surface area contributed by atoms with Crippen molar-refractivity contribution >= 4 is 6.03 Å². The summed E-state index contributed by atoms with van der Waals surface area (Å²) in [6.45, 7) is 0.614. The van der Waals surface area contributed by atoms with Crippen molar-refractivity contribution in [2.45, 2.75) is 31.7 Å². The Bertz CT molecular complexity index is 372. The predicted octanol–water partition coefficient (Wildman–Crippen LogP) is 1.79. The second-order valence-corrected chi connectivity index (χ2v) is 4.44. The van der Waals surface area contributed by atoms with Gasteiger partial charge in [0, 0.05) is 12.6 Å². The molecular weight excluding hydrogens is 216 g/mol. The number of urea groups is 1. The normalized spacial score (nSPS) is 15.1. The number of carbonyl (C=O) groups is 1. The molecule has 0 radical (unpaired) electrons. The van der Waals surface area contributed by atoms with Gasteiger partial charge in [0.1, 0.15) is 5.75 Å². The fraction of sp³-hybridized carbons (Fsp3) is 0.462. The van der Waals surface area contributed by atoms with Crippen LogP contribution in [0, 0.1) is 0 Å². The highest BCUT2D eigenvalue weighted by molar-refractivity contribution is 5.74. The smallest absolute Gasteiger partial charge is 0.315 e. The van der Waals surface area contributed by atoms with Gasteiger partial charge in [-0.2, -0.15) is 0 Å². The van der Waals surface area contributed by atoms with E-state index < -0.39 is 0 Å². The summed E-state index contributed by atoms with van der Waals surface area (Å²) in [6, 6.07) is 7.34. The zero-order valence-corrected chi connectivity index (χ0v) is 9.78. The van der Waals surface area contributed by atoms with Crippen LogP contribution in [0.25, 0.3) is 0 Å². The first kappa shape index (κ1) is 11.8. The lowest BCUT2D eigenvalue weighted by Gasteiger charge is -2.26. The van der Waals surface area contributed by atoms with Crippen LogP contribution in [0.15, 0.2) is 24.3 Å². The van der Waals surface area contributed by atoms with Crippen molar-refractivity contribution in [1.82, 2.24) is 10.6 Å². The Hall–Kier alpha value is -1.71. The second-order valence-electron chi connectivity index (χ2n) is 4.44. The molecule has 0 bridgehead atoms. The van der Waals surface area contributed by atoms with Crippen molar-refractivity contribution in [3.8, 4) is 5.75 Å². The van der Waals surface area contributed by atoms with E-state index >= 15 is 0 Å². The molecule has 17 heavy (non-hydrogen) atoms. The molecule has 1 aromatic rings. The molecular formula is C13H18N2O2. The Morgan fingerprint density at radius 2 is 2.00 bits per heavy atom. The molecule has 1 aliphatic carbocycles. The Morgan fingerprint density at radius 1 is 1.29 bits per heavy atom. The Labute approximate surface area is 101 Å². The molecule has 3 N–H and O–H groups in total. The highest BCUT2D eigenvalue weighted by atomic mass is 16.3. The fourth-order valence-corrected chi connectivity index (χ4v) is 1.77. The number of rotatable bonds is 4. The summed E-state index contributed by atoms with van der Waals surface area (Å²) in [5, 5.41) is 14.9. The first-order valence-electron chi connectivity index (χ1n) is 6.06. The van der Waals surface area contributed by atoms with Gasteiger partial charge in [0.2, 0.25) is 0 Å². The number of phenolic OH excluding ortho intramolecular Hbond substituents is 1. The summed E-state index contributed by atoms with van der Waals surface area (Å²) in [5.74, 6) is 0.268. The van der Waals surface area contributed by atoms with Crippen molar-refractivity contribution in [2.24, 2.45) is 0 Å². The largest absolute Gasteiger partial charge is 0.508 e. The zero-order valence-electron chi connectivity index (χ0n) is 9.78. The van der Waals surface area contributed by atoms with Gasteiger partial charge in [-0.15, -0.1) is 0 Å². The van der Waals surface area contributed by atoms with Crippen LogP contribution >= 0.6 is 0 Å². The first-order valence-corrected chi connectivity index (χ1v) is 6.06. The Kier molecular flexibility index (Phi) is 3.85. The van der Waals surface area contributed by atoms with E-state index in [4.69, 9.17) is 5.11 Å². The first-order chi connectivity index (χ1) is 8.24. The van der Waals surface area contributed by atoms with Gasteiger partial charge >= 0.3 is 6.03 Å². The quantitative estimate of drug-likeness (QED) is 0.743. The average Bonchev–Trinajstić information content (AvgIpc) is 2.26. The predicted molar refractivity (Wildman–Crippen MR) is 66.0 cm³/mol. The molecule has 0 atom stereocenters. The lowest BCUT2D eigenvalue weighted by molar-refractivity contribution is 0.228. The molecule has 0 heterocycles. The zero-order chi connectivity index (χ0) is 12.1. The van der Waals surface area contributed by atoms with Crippen LogP contribution in [0.3, 0.4) is 0 Å². The Balaban J connectivity index is 1.64. The molecule has 0 aliphatic heterocycles. The minimum absolute atomic E-state index is 0.0755. The summed E-state index contributed by atoms with van der Waals surface area (Å²) in [4.78, 5) is 11.4. The van der Waals surface area contributed by atoms with Crippen molar-refractivity contribution < 1.29 is 9.90 Å². The second kappa shape index (κ2) is 5.57. The molecule has 2 amide bonds. The van der Waals surface area contributed by atoms with Gasteiger partial charge in [0.15, 0.2) is 0 Å². The van der Waals surface area contributed by atoms with E-state index in [0.717, 1.165) is 24.8 Å². The van der Waals surface area contributed by atoms with Gasteiger partial charge in [-0.1, -0.05) is 12.1 Å². The maximum Gasteiger partial charge on any atom is 0.315 e. The molecule has 2 rings (SSSR count). The van der Waals surface area contributed by atoms with E-state index in [9.17, 15) is 4.79 Å². The van der Waals surface area contributed by atoms with E-state index in [-0.39, 0.29) is 11.8 Å². The maximum atomic E-state index is 11.4. The summed E-state index contributed by atoms with van der Waals surface area (Å²) in [7, 11) is 0. The summed E-state index contributed by atoms with van der Waals surface area (Å²) in [5.41, 5.74) is 1.10. The van der Waals surface area contributed by atoms with Gasteiger partial charge in [-0.05, 0) is 43.4 Å². The van der Waals surface area contributed by atoms with Crippen molar-refractivity contribution in [2.75, 3.05) is 6.54 Å². The standard InChI is InChI=1S/C13H18N2O2/c16-12-6-4-10(5-7-12)8-9-14-13(17)15-11-2-1-3-11/h4-7,11,16H,1-3,8-9H2,(H2,14,15,17). The molecule has 0 spiro atoms. The van der Waals surface area contributed by atoms with Crippen molar-refractivity contribution in [1.29, 1.82) is 0 Å². The van der Waals surface area contributed by atoms with E-state index in [1.54, 1.807) is 12.1 Å². The van der Waals surface area contributed by atoms with Crippen LogP contribution in [-0.2, 0) is 6.42 Å². The van der Waals surface area contributed by atoms with Crippen LogP contribution in [0.1, 0.15) is 24.8 Å². The molecule has 1 aliphatic rings. The van der Waals surface area contributed by atoms with E-state index in [1.165, 1.54) is 6.42 Å². The monoisotopic (exact) mass is 234 g/mol. The van der Waals surface area contributed by atoms with E-state index in [0.29, 0.717) is 12.6 Å². The van der Waals surface area contributed by atoms with E-state index in [1.807, 2.05) is 12.1 Å². The number of amides is 2. The number of carbonyl (C=O) groups excluding carboxylic acids is 1. The molecule has 1 fully saturated rings. The average molecular weight is 234 g/mol. The third-order valence-corrected chi connectivity index (χ3v) is 3.08. The molecule has 0 unspecified atom stereocenters. The number of hydrogen-bond acceptors (Lipinski definition) is 2. The molecule has 4 nitrogen and oxygen atoms in total. The van der Waals surface area contributed by atoms with E-state index in [2.05, 4.69) is 10.6 Å². The molecule has 4 heteroatoms. The highest BCUT2D eigenvalue weighted by Crippen LogP contribution is 2.17. The lowest BCUT2D eigenvalue weighted by Crippen LogP contribution is -2.45. The van der Waals surface area contributed by atoms with Crippen LogP contribution in [0.4, 0.5) is 4.79 Å². The SMILES string of the molecule is O=C(NCCc1ccc(O)cc1)NC1CCC1. The third-order valence-electron chi connectivity index (χ3n) is 3.08. The molecule has 1 aromatic carbocycles. The molecule has 1 saturated carbocycles. The number of hydrogen-bond donors (Lipinski definition) is 3. The fourth-order valence-electron chi connectivity index (χ4n) is 1.77. The van der Waals surface area contributed by atoms with Crippen LogP contribution < -0.4 is 10.6 Å². The van der Waals surface area contributed by atoms with Gasteiger partial charge in [-0.25, -0.2) is 4.79 Å². The van der Waals surface area contributed by atoms with Gasteiger partial charge in [-0.3, -0.25) is 0 Å². The van der Waals surface area contributed by atoms with Crippen LogP contribution in [-0.4, -0.2) is 23.7 Å². The summed E-state index contributed by atoms with van der Waals surface area (Å²) >= 11 is 0. The number of benzene rings is 1. The molecule has 0 aromatic heterocycles. The molecule has 92 valence electrons. The van der Waals surface area contributed by atoms with Crippen molar-refractivity contribution in [3.63, 3.8) is 0 Å². The van der Waals surface area contributed by atoms with Gasteiger partial charge in [0.05, 0.1) is 0 Å². The number of aromatic hydroxyl groups is 1.